The summed E-state index contributed by atoms with van der Waals surface area (Å²) in [6, 6.07) is 13.4. The number of likely N-dealkylation sites (tertiary alicyclic amines) is 1. The van der Waals surface area contributed by atoms with E-state index in [9.17, 15) is 19.4 Å². The van der Waals surface area contributed by atoms with Crippen LogP contribution in [0.1, 0.15) is 35.6 Å². The van der Waals surface area contributed by atoms with Crippen LogP contribution in [0.5, 0.6) is 0 Å². The summed E-state index contributed by atoms with van der Waals surface area (Å²) in [4.78, 5) is 14.4. The molecule has 3 rings (SSSR count). The third-order valence-electron chi connectivity index (χ3n) is 5.18. The Morgan fingerprint density at radius 2 is 1.69 bits per heavy atom. The van der Waals surface area contributed by atoms with Crippen molar-refractivity contribution < 1.29 is 19.4 Å². The molecule has 1 fully saturated rings. The number of amides is 1. The average molecular weight is 357 g/mol. The van der Waals surface area contributed by atoms with Crippen molar-refractivity contribution in [3.63, 3.8) is 0 Å². The quantitative estimate of drug-likeness (QED) is 0.865. The molecule has 1 aliphatic rings. The average Bonchev–Trinajstić information content (AvgIpc) is 2.68. The number of nitrogens with zero attached hydrogens (tertiary/aromatic N) is 1. The molecule has 0 bridgehead atoms. The minimum atomic E-state index is -0.636. The van der Waals surface area contributed by atoms with Crippen molar-refractivity contribution in [1.29, 1.82) is 0 Å². The van der Waals surface area contributed by atoms with Gasteiger partial charge in [-0.15, -0.1) is 0 Å². The number of halogens is 1. The monoisotopic (exact) mass is 357 g/mol. The van der Waals surface area contributed by atoms with E-state index in [0.29, 0.717) is 31.5 Å². The van der Waals surface area contributed by atoms with Crippen LogP contribution in [-0.2, 0) is 17.8 Å². The van der Waals surface area contributed by atoms with Gasteiger partial charge in [0.25, 0.3) is 0 Å². The molecule has 1 saturated heterocycles. The molecular formula is C21H24FNO3. The van der Waals surface area contributed by atoms with Gasteiger partial charge in [-0.25, -0.2) is 4.39 Å². The molecule has 4 nitrogen and oxygen atoms in total. The van der Waals surface area contributed by atoms with E-state index in [1.54, 1.807) is 12.1 Å². The number of carbonyl (C=O) groups is 1. The molecule has 0 radical (unpaired) electrons. The molecule has 26 heavy (non-hydrogen) atoms. The summed E-state index contributed by atoms with van der Waals surface area (Å²) in [6.07, 6.45) is 1.07. The van der Waals surface area contributed by atoms with Gasteiger partial charge < -0.3 is 15.1 Å². The normalized spacial score (nSPS) is 16.5. The summed E-state index contributed by atoms with van der Waals surface area (Å²) in [7, 11) is 0. The fourth-order valence-corrected chi connectivity index (χ4v) is 3.56. The van der Waals surface area contributed by atoms with Gasteiger partial charge in [-0.1, -0.05) is 36.4 Å². The van der Waals surface area contributed by atoms with Crippen molar-refractivity contribution in [3.8, 4) is 0 Å². The molecule has 1 unspecified atom stereocenters. The predicted molar refractivity (Wildman–Crippen MR) is 96.7 cm³/mol. The fourth-order valence-electron chi connectivity index (χ4n) is 3.56. The second-order valence-electron chi connectivity index (χ2n) is 6.82. The van der Waals surface area contributed by atoms with E-state index in [0.717, 1.165) is 11.1 Å². The molecule has 2 aromatic rings. The largest absolute Gasteiger partial charge is 0.392 e. The zero-order valence-electron chi connectivity index (χ0n) is 14.6. The summed E-state index contributed by atoms with van der Waals surface area (Å²) in [6.45, 7) is 1.13. The van der Waals surface area contributed by atoms with Crippen molar-refractivity contribution in [2.75, 3.05) is 13.1 Å². The van der Waals surface area contributed by atoms with Crippen molar-refractivity contribution in [2.24, 2.45) is 5.92 Å². The highest BCUT2D eigenvalue weighted by molar-refractivity contribution is 5.79. The minimum absolute atomic E-state index is 0.0422. The van der Waals surface area contributed by atoms with Crippen molar-refractivity contribution in [2.45, 2.75) is 32.0 Å². The first-order valence-corrected chi connectivity index (χ1v) is 8.97. The predicted octanol–water partition coefficient (Wildman–Crippen LogP) is 2.83. The summed E-state index contributed by atoms with van der Waals surface area (Å²) < 4.78 is 13.0. The van der Waals surface area contributed by atoms with Crippen LogP contribution in [0, 0.1) is 11.7 Å². The van der Waals surface area contributed by atoms with Gasteiger partial charge in [-0.3, -0.25) is 4.79 Å². The van der Waals surface area contributed by atoms with E-state index in [1.807, 2.05) is 29.2 Å². The van der Waals surface area contributed by atoms with Crippen molar-refractivity contribution >= 4 is 5.91 Å². The van der Waals surface area contributed by atoms with Gasteiger partial charge in [-0.2, -0.15) is 0 Å². The summed E-state index contributed by atoms with van der Waals surface area (Å²) >= 11 is 0. The molecule has 2 N–H and O–H groups in total. The van der Waals surface area contributed by atoms with E-state index in [-0.39, 0.29) is 30.7 Å². The Labute approximate surface area is 152 Å². The fraction of sp³-hybridized carbons (Fsp3) is 0.381. The number of hydrogen-bond donors (Lipinski definition) is 2. The van der Waals surface area contributed by atoms with Gasteiger partial charge in [0.15, 0.2) is 0 Å². The molecule has 0 saturated carbocycles. The maximum absolute atomic E-state index is 13.0. The molecular weight excluding hydrogens is 333 g/mol. The molecule has 5 heteroatoms. The van der Waals surface area contributed by atoms with Gasteiger partial charge in [0.1, 0.15) is 5.82 Å². The molecule has 1 aliphatic heterocycles. The van der Waals surface area contributed by atoms with Crippen molar-refractivity contribution in [3.05, 3.63) is 71.0 Å². The molecule has 2 aromatic carbocycles. The highest BCUT2D eigenvalue weighted by Crippen LogP contribution is 2.31. The second kappa shape index (κ2) is 8.43. The third kappa shape index (κ3) is 4.29. The number of aliphatic hydroxyl groups excluding tert-OH is 2. The molecule has 1 heterocycles. The van der Waals surface area contributed by atoms with Crippen LogP contribution < -0.4 is 0 Å². The van der Waals surface area contributed by atoms with Crippen molar-refractivity contribution in [1.82, 2.24) is 4.90 Å². The number of aliphatic hydroxyl groups is 2. The second-order valence-corrected chi connectivity index (χ2v) is 6.82. The van der Waals surface area contributed by atoms with E-state index in [2.05, 4.69) is 0 Å². The molecule has 0 aromatic heterocycles. The Bertz CT molecular complexity index is 739. The van der Waals surface area contributed by atoms with Crippen LogP contribution in [0.2, 0.25) is 0 Å². The molecule has 0 aliphatic carbocycles. The smallest absolute Gasteiger partial charge is 0.227 e. The van der Waals surface area contributed by atoms with E-state index >= 15 is 0 Å². The molecule has 1 amide bonds. The Hall–Kier alpha value is -2.24. The van der Waals surface area contributed by atoms with E-state index in [4.69, 9.17) is 0 Å². The zero-order valence-corrected chi connectivity index (χ0v) is 14.6. The van der Waals surface area contributed by atoms with E-state index < -0.39 is 6.10 Å². The maximum atomic E-state index is 13.0. The lowest BCUT2D eigenvalue weighted by atomic mass is 9.87. The number of benzene rings is 2. The van der Waals surface area contributed by atoms with Crippen LogP contribution >= 0.6 is 0 Å². The third-order valence-corrected chi connectivity index (χ3v) is 5.18. The topological polar surface area (TPSA) is 60.8 Å². The first kappa shape index (κ1) is 18.5. The van der Waals surface area contributed by atoms with Crippen LogP contribution in [-0.4, -0.2) is 34.1 Å². The number of piperidine rings is 1. The first-order chi connectivity index (χ1) is 12.6. The van der Waals surface area contributed by atoms with E-state index in [1.165, 1.54) is 12.1 Å². The summed E-state index contributed by atoms with van der Waals surface area (Å²) in [5.74, 6) is -0.209. The Kier molecular flexibility index (Phi) is 6.01. The van der Waals surface area contributed by atoms with Gasteiger partial charge >= 0.3 is 0 Å². The van der Waals surface area contributed by atoms with Gasteiger partial charge in [-0.05, 0) is 47.6 Å². The highest BCUT2D eigenvalue weighted by Gasteiger charge is 2.28. The summed E-state index contributed by atoms with van der Waals surface area (Å²) in [5, 5.41) is 19.9. The lowest BCUT2D eigenvalue weighted by molar-refractivity contribution is -0.132. The molecule has 138 valence electrons. The first-order valence-electron chi connectivity index (χ1n) is 8.97. The molecule has 1 atom stereocenters. The summed E-state index contributed by atoms with van der Waals surface area (Å²) in [5.41, 5.74) is 2.35. The number of carbonyl (C=O) groups excluding carboxylic acids is 1. The standard InChI is InChI=1S/C21H24FNO3/c22-19-7-5-15(6-8-19)21(26)16-9-11-23(12-10-16)20(25)13-17-3-1-2-4-18(17)14-24/h1-8,16,21,24,26H,9-14H2. The Morgan fingerprint density at radius 1 is 1.08 bits per heavy atom. The minimum Gasteiger partial charge on any atom is -0.392 e. The van der Waals surface area contributed by atoms with Gasteiger partial charge in [0.05, 0.1) is 19.1 Å². The maximum Gasteiger partial charge on any atom is 0.227 e. The number of rotatable bonds is 5. The van der Waals surface area contributed by atoms with Crippen LogP contribution in [0.25, 0.3) is 0 Å². The van der Waals surface area contributed by atoms with Crippen LogP contribution in [0.4, 0.5) is 4.39 Å². The van der Waals surface area contributed by atoms with Gasteiger partial charge in [0.2, 0.25) is 5.91 Å². The highest BCUT2D eigenvalue weighted by atomic mass is 19.1. The SMILES string of the molecule is O=C(Cc1ccccc1CO)N1CCC(C(O)c2ccc(F)cc2)CC1. The van der Waals surface area contributed by atoms with Crippen LogP contribution in [0.15, 0.2) is 48.5 Å². The lowest BCUT2D eigenvalue weighted by Crippen LogP contribution is -2.40. The number of hydrogen-bond acceptors (Lipinski definition) is 3. The van der Waals surface area contributed by atoms with Gasteiger partial charge in [0, 0.05) is 13.1 Å². The Balaban J connectivity index is 1.56. The Morgan fingerprint density at radius 3 is 2.31 bits per heavy atom. The molecule has 0 spiro atoms. The zero-order chi connectivity index (χ0) is 18.5. The lowest BCUT2D eigenvalue weighted by Gasteiger charge is -2.34. The van der Waals surface area contributed by atoms with Crippen LogP contribution in [0.3, 0.4) is 0 Å².